The maximum Gasteiger partial charge on any atom is 0.322 e. The molecule has 0 aromatic heterocycles. The van der Waals surface area contributed by atoms with Crippen LogP contribution < -0.4 is 103 Å². The molecule has 3 fully saturated rings. The number of carbonyl (C=O) groups excluding carboxylic acids is 13. The predicted molar refractivity (Wildman–Crippen MR) is 386 cm³/mol. The van der Waals surface area contributed by atoms with Crippen molar-refractivity contribution in [3.63, 3.8) is 0 Å². The average molecular weight is 1490 g/mol. The number of phenolic OH excluding ortho intramolecular Hbond substituents is 1. The SMILES string of the molecule is C[C@]1(N)CNCCNC[C@](N)(NC(=O)CCCC(=O)N[C@@H](Cc2ccc(O)cc2)C(=O)NCCCCCC(=O)N[C@@H](CSC2CC(=O)N(CCC(=O)NCCCCC3NC(=O)[C@@H](Cc4ccccc4)NC(=O)[C@@H](CC(=O)O)NC(=O)NC(=O)[C@H](CCCNC(=N)N)NC3=O)C2=O)C(N)=O)CNCCNC1. The highest BCUT2D eigenvalue weighted by Gasteiger charge is 2.40. The van der Waals surface area contributed by atoms with Crippen LogP contribution in [0.5, 0.6) is 5.75 Å². The number of carboxylic acid groups (broad SMARTS) is 1. The minimum absolute atomic E-state index is 0.00817. The zero-order valence-electron chi connectivity index (χ0n) is 59.2. The average Bonchev–Trinajstić information content (AvgIpc) is 1.73. The molecule has 5 rings (SSSR count). The van der Waals surface area contributed by atoms with E-state index in [1.807, 2.05) is 12.2 Å². The molecule has 0 spiro atoms. The van der Waals surface area contributed by atoms with Crippen molar-refractivity contribution in [3.05, 3.63) is 65.7 Å². The van der Waals surface area contributed by atoms with Crippen LogP contribution in [0.3, 0.4) is 0 Å². The Balaban J connectivity index is 1.04. The van der Waals surface area contributed by atoms with Gasteiger partial charge in [0.2, 0.25) is 65.0 Å². The zero-order valence-corrected chi connectivity index (χ0v) is 60.0. The molecule has 0 aliphatic carbocycles. The number of carboxylic acids is 1. The number of hydrogen-bond acceptors (Lipinski definition) is 23. The first-order chi connectivity index (χ1) is 50.0. The fourth-order valence-corrected chi connectivity index (χ4v) is 12.6. The van der Waals surface area contributed by atoms with Crippen molar-refractivity contribution in [3.8, 4) is 5.75 Å². The third-order valence-corrected chi connectivity index (χ3v) is 18.3. The molecule has 2 aromatic rings. The summed E-state index contributed by atoms with van der Waals surface area (Å²) in [5, 5.41) is 67.3. The van der Waals surface area contributed by atoms with E-state index in [0.717, 1.165) is 16.7 Å². The number of imide groups is 2. The lowest BCUT2D eigenvalue weighted by Crippen LogP contribution is -2.67. The van der Waals surface area contributed by atoms with Crippen molar-refractivity contribution in [1.82, 2.24) is 84.7 Å². The number of phenols is 1. The standard InChI is InChI=1S/C67H105N21O16S/c1-66(71)37-73-27-29-75-39-67(72,40-76-30-28-74-38-66)87-54(93)18-10-17-53(92)80-46(33-42-19-21-43(89)22-20-42)58(98)78-25-8-3-6-16-52(91)81-49(57(68)97)36-105-50-35-55(94)88(63(50)103)31-23-51(90)77-24-9-7-14-44-59(99)82-45(15-11-26-79-64(69)70)60(100)86-65(104)85-48(34-56(95)96)62(102)84-47(61(101)83-44)32-41-12-4-2-5-13-41/h2,4-5,12-13,19-22,44-50,73-76,89H,3,6-11,14-18,23-40,71-72H2,1H3,(H2,68,97)(H,77,90)(H,78,98)(H,80,92)(H,81,91)(H,82,99)(H,83,101)(H,84,102)(H,87,93)(H,95,96)(H4,69,70,79)(H2,85,86,100,104)/t44?,45-,46-,47+,48+,49-,50?,66-,67-/m0/s1. The normalized spacial score (nSPS) is 22.3. The van der Waals surface area contributed by atoms with Crippen LogP contribution in [0, 0.1) is 5.41 Å². The fraction of sp³-hybridized carbons (Fsp3) is 0.597. The number of thioether (sulfide) groups is 1. The van der Waals surface area contributed by atoms with E-state index in [0.29, 0.717) is 69.7 Å². The van der Waals surface area contributed by atoms with Gasteiger partial charge in [-0.25, -0.2) is 4.79 Å². The number of nitrogens with two attached hydrogens (primary N) is 4. The lowest BCUT2D eigenvalue weighted by molar-refractivity contribution is -0.140. The number of benzene rings is 2. The molecule has 3 aliphatic rings. The van der Waals surface area contributed by atoms with E-state index in [1.54, 1.807) is 42.5 Å². The van der Waals surface area contributed by atoms with E-state index in [9.17, 15) is 77.3 Å². The second-order valence-corrected chi connectivity index (χ2v) is 27.7. The highest BCUT2D eigenvalue weighted by molar-refractivity contribution is 8.00. The topological polar surface area (TPSA) is 591 Å². The van der Waals surface area contributed by atoms with Gasteiger partial charge in [-0.15, -0.1) is 11.8 Å². The molecule has 2 aromatic carbocycles. The van der Waals surface area contributed by atoms with Gasteiger partial charge in [0.05, 0.1) is 11.7 Å². The Labute approximate surface area is 613 Å². The van der Waals surface area contributed by atoms with Crippen LogP contribution in [0.2, 0.25) is 0 Å². The molecule has 0 radical (unpaired) electrons. The molecular weight excluding hydrogens is 1390 g/mol. The molecule has 2 unspecified atom stereocenters. The van der Waals surface area contributed by atoms with Crippen LogP contribution >= 0.6 is 11.8 Å². The van der Waals surface area contributed by atoms with Gasteiger partial charge in [-0.3, -0.25) is 78.0 Å². The molecule has 14 amide bonds. The molecule has 38 heteroatoms. The summed E-state index contributed by atoms with van der Waals surface area (Å²) in [4.78, 5) is 186. The number of likely N-dealkylation sites (tertiary alicyclic amines) is 1. The monoisotopic (exact) mass is 1490 g/mol. The maximum atomic E-state index is 14.1. The number of amides is 14. The quantitative estimate of drug-likeness (QED) is 0.00994. The summed E-state index contributed by atoms with van der Waals surface area (Å²) in [6.45, 7) is 6.19. The second-order valence-electron chi connectivity index (χ2n) is 26.5. The van der Waals surface area contributed by atoms with Crippen molar-refractivity contribution in [2.45, 2.75) is 169 Å². The van der Waals surface area contributed by atoms with E-state index in [-0.39, 0.29) is 146 Å². The van der Waals surface area contributed by atoms with E-state index < -0.39 is 136 Å². The van der Waals surface area contributed by atoms with E-state index in [1.165, 1.54) is 12.1 Å². The number of hydrogen-bond donors (Lipinski definition) is 22. The number of unbranched alkanes of at least 4 members (excludes halogenated alkanes) is 3. The number of guanidine groups is 1. The summed E-state index contributed by atoms with van der Waals surface area (Å²) in [5.74, 6) is -10.2. The maximum absolute atomic E-state index is 14.1. The van der Waals surface area contributed by atoms with Crippen LogP contribution in [0.4, 0.5) is 4.79 Å². The number of aliphatic carboxylic acids is 1. The van der Waals surface area contributed by atoms with Gasteiger partial charge in [0.1, 0.15) is 47.7 Å². The molecule has 7 atom stereocenters. The van der Waals surface area contributed by atoms with E-state index >= 15 is 0 Å². The fourth-order valence-electron chi connectivity index (χ4n) is 11.4. The highest BCUT2D eigenvalue weighted by Crippen LogP contribution is 2.26. The van der Waals surface area contributed by atoms with Crippen LogP contribution in [0.25, 0.3) is 0 Å². The minimum Gasteiger partial charge on any atom is -0.508 e. The summed E-state index contributed by atoms with van der Waals surface area (Å²) < 4.78 is 0. The molecule has 3 aliphatic heterocycles. The summed E-state index contributed by atoms with van der Waals surface area (Å²) in [6, 6.07) is 5.16. The Morgan fingerprint density at radius 2 is 1.15 bits per heavy atom. The molecular formula is C67H105N21O16S. The summed E-state index contributed by atoms with van der Waals surface area (Å²) in [6.07, 6.45) is 0.128. The Morgan fingerprint density at radius 3 is 1.79 bits per heavy atom. The van der Waals surface area contributed by atoms with Gasteiger partial charge in [0.25, 0.3) is 5.91 Å². The first-order valence-electron chi connectivity index (χ1n) is 35.2. The largest absolute Gasteiger partial charge is 0.508 e. The first-order valence-corrected chi connectivity index (χ1v) is 36.3. The van der Waals surface area contributed by atoms with Gasteiger partial charge in [0, 0.05) is 135 Å². The minimum atomic E-state index is -1.75. The first kappa shape index (κ1) is 86.0. The van der Waals surface area contributed by atoms with Crippen molar-refractivity contribution in [2.75, 3.05) is 84.3 Å². The van der Waals surface area contributed by atoms with Gasteiger partial charge >= 0.3 is 12.0 Å². The third kappa shape index (κ3) is 33.4. The summed E-state index contributed by atoms with van der Waals surface area (Å²) in [5.41, 5.74) is 23.7. The molecule has 0 saturated carbocycles. The summed E-state index contributed by atoms with van der Waals surface area (Å²) >= 11 is 0.941. The molecule has 37 nitrogen and oxygen atoms in total. The van der Waals surface area contributed by atoms with E-state index in [2.05, 4.69) is 74.4 Å². The molecule has 0 bridgehead atoms. The molecule has 26 N–H and O–H groups in total. The Kier molecular flexibility index (Phi) is 36.8. The van der Waals surface area contributed by atoms with Crippen LogP contribution in [0.1, 0.15) is 114 Å². The predicted octanol–water partition coefficient (Wildman–Crippen LogP) is -5.72. The number of primary amides is 1. The van der Waals surface area contributed by atoms with Crippen molar-refractivity contribution >= 4 is 101 Å². The van der Waals surface area contributed by atoms with Gasteiger partial charge in [0.15, 0.2) is 5.96 Å². The third-order valence-electron chi connectivity index (χ3n) is 17.1. The number of rotatable bonds is 36. The second kappa shape index (κ2) is 44.9. The lowest BCUT2D eigenvalue weighted by atomic mass is 10.0. The molecule has 105 heavy (non-hydrogen) atoms. The molecule has 3 heterocycles. The van der Waals surface area contributed by atoms with Crippen LogP contribution in [-0.4, -0.2) is 241 Å². The van der Waals surface area contributed by atoms with Crippen LogP contribution in [-0.2, 0) is 75.2 Å². The zero-order chi connectivity index (χ0) is 76.9. The number of carbonyl (C=O) groups is 14. The number of nitrogens with one attached hydrogen (secondary N) is 16. The van der Waals surface area contributed by atoms with Crippen molar-refractivity contribution in [1.29, 1.82) is 5.41 Å². The van der Waals surface area contributed by atoms with Crippen molar-refractivity contribution in [2.24, 2.45) is 22.9 Å². The van der Waals surface area contributed by atoms with Gasteiger partial charge < -0.3 is 108 Å². The molecule has 3 saturated heterocycles. The Bertz CT molecular complexity index is 3280. The highest BCUT2D eigenvalue weighted by atomic mass is 32.2. The smallest absolute Gasteiger partial charge is 0.322 e. The van der Waals surface area contributed by atoms with Gasteiger partial charge in [-0.2, -0.15) is 0 Å². The Hall–Kier alpha value is -9.60. The number of urea groups is 1. The lowest BCUT2D eigenvalue weighted by Gasteiger charge is -2.32. The van der Waals surface area contributed by atoms with E-state index in [4.69, 9.17) is 28.3 Å². The summed E-state index contributed by atoms with van der Waals surface area (Å²) in [7, 11) is 0. The van der Waals surface area contributed by atoms with Gasteiger partial charge in [-0.1, -0.05) is 48.9 Å². The number of aromatic hydroxyl groups is 1. The molecule has 580 valence electrons. The van der Waals surface area contributed by atoms with Crippen molar-refractivity contribution < 1.29 is 77.3 Å². The number of nitrogens with zero attached hydrogens (tertiary/aromatic N) is 1. The Morgan fingerprint density at radius 1 is 0.600 bits per heavy atom. The van der Waals surface area contributed by atoms with Gasteiger partial charge in [-0.05, 0) is 81.5 Å². The van der Waals surface area contributed by atoms with Crippen LogP contribution in [0.15, 0.2) is 54.6 Å².